The minimum Gasteiger partial charge on any atom is -0.481 e. The van der Waals surface area contributed by atoms with Crippen LogP contribution in [0.2, 0.25) is 0 Å². The molecule has 1 N–H and O–H groups in total. The van der Waals surface area contributed by atoms with Gasteiger partial charge < -0.3 is 19.5 Å². The molecule has 1 saturated heterocycles. The Morgan fingerprint density at radius 1 is 1.35 bits per heavy atom. The van der Waals surface area contributed by atoms with Crippen molar-refractivity contribution in [2.24, 2.45) is 11.8 Å². The fourth-order valence-electron chi connectivity index (χ4n) is 2.21. The van der Waals surface area contributed by atoms with Crippen LogP contribution in [0.1, 0.15) is 13.3 Å². The van der Waals surface area contributed by atoms with Crippen molar-refractivity contribution in [2.45, 2.75) is 13.3 Å². The second-order valence-electron chi connectivity index (χ2n) is 4.64. The van der Waals surface area contributed by atoms with Crippen LogP contribution in [0.3, 0.4) is 0 Å². The molecule has 0 aromatic heterocycles. The summed E-state index contributed by atoms with van der Waals surface area (Å²) in [5.74, 6) is -0.623. The number of carboxylic acids is 1. The van der Waals surface area contributed by atoms with Crippen molar-refractivity contribution < 1.29 is 19.4 Å². The van der Waals surface area contributed by atoms with Crippen molar-refractivity contribution in [3.8, 4) is 0 Å². The Morgan fingerprint density at radius 2 is 2.12 bits per heavy atom. The van der Waals surface area contributed by atoms with E-state index >= 15 is 0 Å². The van der Waals surface area contributed by atoms with Crippen LogP contribution in [0.15, 0.2) is 0 Å². The third kappa shape index (κ3) is 5.02. The highest BCUT2D eigenvalue weighted by molar-refractivity contribution is 5.71. The third-order valence-corrected chi connectivity index (χ3v) is 3.20. The molecule has 1 aliphatic heterocycles. The molecule has 0 amide bonds. The Kier molecular flexibility index (Phi) is 6.47. The average Bonchev–Trinajstić information content (AvgIpc) is 2.65. The highest BCUT2D eigenvalue weighted by atomic mass is 16.5. The van der Waals surface area contributed by atoms with E-state index in [2.05, 4.69) is 4.90 Å². The van der Waals surface area contributed by atoms with Gasteiger partial charge in [-0.25, -0.2) is 0 Å². The Bertz CT molecular complexity index is 235. The first kappa shape index (κ1) is 14.4. The van der Waals surface area contributed by atoms with Crippen LogP contribution >= 0.6 is 0 Å². The molecule has 0 aromatic rings. The summed E-state index contributed by atoms with van der Waals surface area (Å²) in [7, 11) is 1.65. The Balaban J connectivity index is 2.07. The summed E-state index contributed by atoms with van der Waals surface area (Å²) in [4.78, 5) is 13.2. The number of aliphatic carboxylic acids is 1. The summed E-state index contributed by atoms with van der Waals surface area (Å²) < 4.78 is 10.2. The lowest BCUT2D eigenvalue weighted by Crippen LogP contribution is -2.25. The van der Waals surface area contributed by atoms with Crippen molar-refractivity contribution in [3.05, 3.63) is 0 Å². The molecular formula is C12H23NO4. The molecule has 2 unspecified atom stereocenters. The summed E-state index contributed by atoms with van der Waals surface area (Å²) in [6.45, 7) is 6.46. The van der Waals surface area contributed by atoms with Crippen molar-refractivity contribution in [3.63, 3.8) is 0 Å². The topological polar surface area (TPSA) is 59.0 Å². The van der Waals surface area contributed by atoms with Crippen LogP contribution in [-0.2, 0) is 14.3 Å². The normalized spacial score (nSPS) is 25.3. The number of ether oxygens (including phenoxy) is 2. The zero-order chi connectivity index (χ0) is 12.7. The highest BCUT2D eigenvalue weighted by Crippen LogP contribution is 2.22. The molecule has 1 fully saturated rings. The quantitative estimate of drug-likeness (QED) is 0.638. The lowest BCUT2D eigenvalue weighted by Gasteiger charge is -2.14. The fraction of sp³-hybridized carbons (Fsp3) is 0.917. The second kappa shape index (κ2) is 7.63. The van der Waals surface area contributed by atoms with Crippen molar-refractivity contribution in [2.75, 3.05) is 46.6 Å². The Labute approximate surface area is 103 Å². The maximum absolute atomic E-state index is 10.9. The number of methoxy groups -OCH3 is 1. The van der Waals surface area contributed by atoms with Gasteiger partial charge >= 0.3 is 5.97 Å². The number of likely N-dealkylation sites (tertiary alicyclic amines) is 1. The third-order valence-electron chi connectivity index (χ3n) is 3.20. The van der Waals surface area contributed by atoms with Crippen LogP contribution in [0.5, 0.6) is 0 Å². The van der Waals surface area contributed by atoms with Crippen molar-refractivity contribution in [1.82, 2.24) is 4.90 Å². The summed E-state index contributed by atoms with van der Waals surface area (Å²) in [5, 5.41) is 9.00. The predicted octanol–water partition coefficient (Wildman–Crippen LogP) is 0.692. The van der Waals surface area contributed by atoms with Gasteiger partial charge in [0.15, 0.2) is 0 Å². The molecule has 2 atom stereocenters. The van der Waals surface area contributed by atoms with E-state index in [1.165, 1.54) is 0 Å². The van der Waals surface area contributed by atoms with Gasteiger partial charge in [-0.1, -0.05) is 6.92 Å². The average molecular weight is 245 g/mol. The van der Waals surface area contributed by atoms with Gasteiger partial charge in [0.1, 0.15) is 0 Å². The van der Waals surface area contributed by atoms with Crippen LogP contribution in [0.25, 0.3) is 0 Å². The molecular weight excluding hydrogens is 222 g/mol. The molecule has 0 aliphatic carbocycles. The molecule has 100 valence electrons. The van der Waals surface area contributed by atoms with Crippen molar-refractivity contribution in [1.29, 1.82) is 0 Å². The smallest absolute Gasteiger partial charge is 0.308 e. The van der Waals surface area contributed by atoms with Crippen LogP contribution in [0.4, 0.5) is 0 Å². The molecule has 0 bridgehead atoms. The van der Waals surface area contributed by atoms with Crippen molar-refractivity contribution >= 4 is 5.97 Å². The number of hydrogen-bond donors (Lipinski definition) is 1. The first-order valence-electron chi connectivity index (χ1n) is 6.17. The van der Waals surface area contributed by atoms with Crippen LogP contribution in [0, 0.1) is 11.8 Å². The maximum Gasteiger partial charge on any atom is 0.308 e. The van der Waals surface area contributed by atoms with E-state index < -0.39 is 5.97 Å². The monoisotopic (exact) mass is 245 g/mol. The SMILES string of the molecule is COCCOCCCN1CC(C)C(C(=O)O)C1. The number of rotatable bonds is 8. The number of hydrogen-bond acceptors (Lipinski definition) is 4. The minimum atomic E-state index is -0.670. The fourth-order valence-corrected chi connectivity index (χ4v) is 2.21. The molecule has 17 heavy (non-hydrogen) atoms. The van der Waals surface area contributed by atoms with Gasteiger partial charge in [0, 0.05) is 33.4 Å². The van der Waals surface area contributed by atoms with Gasteiger partial charge in [0.2, 0.25) is 0 Å². The zero-order valence-corrected chi connectivity index (χ0v) is 10.7. The largest absolute Gasteiger partial charge is 0.481 e. The van der Waals surface area contributed by atoms with Gasteiger partial charge in [-0.05, 0) is 12.3 Å². The molecule has 1 aliphatic rings. The Morgan fingerprint density at radius 3 is 2.71 bits per heavy atom. The van der Waals surface area contributed by atoms with Crippen LogP contribution < -0.4 is 0 Å². The predicted molar refractivity (Wildman–Crippen MR) is 64.0 cm³/mol. The lowest BCUT2D eigenvalue weighted by atomic mass is 9.99. The standard InChI is InChI=1S/C12H23NO4/c1-10-8-13(9-11(10)12(14)15)4-3-5-17-7-6-16-2/h10-11H,3-9H2,1-2H3,(H,14,15). The molecule has 0 aromatic carbocycles. The van der Waals surface area contributed by atoms with E-state index in [0.29, 0.717) is 26.4 Å². The van der Waals surface area contributed by atoms with Gasteiger partial charge in [-0.15, -0.1) is 0 Å². The van der Waals surface area contributed by atoms with E-state index in [1.54, 1.807) is 7.11 Å². The van der Waals surface area contributed by atoms with E-state index in [4.69, 9.17) is 14.6 Å². The van der Waals surface area contributed by atoms with E-state index in [0.717, 1.165) is 19.5 Å². The zero-order valence-electron chi connectivity index (χ0n) is 10.7. The molecule has 0 spiro atoms. The molecule has 5 heteroatoms. The second-order valence-corrected chi connectivity index (χ2v) is 4.64. The van der Waals surface area contributed by atoms with Gasteiger partial charge in [-0.3, -0.25) is 4.79 Å². The lowest BCUT2D eigenvalue weighted by molar-refractivity contribution is -0.142. The van der Waals surface area contributed by atoms with E-state index in [9.17, 15) is 4.79 Å². The Hall–Kier alpha value is -0.650. The maximum atomic E-state index is 10.9. The van der Waals surface area contributed by atoms with Gasteiger partial charge in [0.25, 0.3) is 0 Å². The number of carboxylic acid groups (broad SMARTS) is 1. The first-order chi connectivity index (χ1) is 8.15. The highest BCUT2D eigenvalue weighted by Gasteiger charge is 2.34. The minimum absolute atomic E-state index is 0.204. The van der Waals surface area contributed by atoms with E-state index in [-0.39, 0.29) is 11.8 Å². The van der Waals surface area contributed by atoms with E-state index in [1.807, 2.05) is 6.92 Å². The van der Waals surface area contributed by atoms with Gasteiger partial charge in [-0.2, -0.15) is 0 Å². The summed E-state index contributed by atoms with van der Waals surface area (Å²) in [5.41, 5.74) is 0. The molecule has 5 nitrogen and oxygen atoms in total. The molecule has 0 saturated carbocycles. The molecule has 1 heterocycles. The molecule has 0 radical (unpaired) electrons. The summed E-state index contributed by atoms with van der Waals surface area (Å²) in [6.07, 6.45) is 0.947. The first-order valence-corrected chi connectivity index (χ1v) is 6.17. The summed E-state index contributed by atoms with van der Waals surface area (Å²) in [6, 6.07) is 0. The van der Waals surface area contributed by atoms with Gasteiger partial charge in [0.05, 0.1) is 19.1 Å². The molecule has 1 rings (SSSR count). The number of carbonyl (C=O) groups is 1. The van der Waals surface area contributed by atoms with Crippen LogP contribution in [-0.4, -0.2) is 62.5 Å². The number of nitrogens with zero attached hydrogens (tertiary/aromatic N) is 1. The summed E-state index contributed by atoms with van der Waals surface area (Å²) >= 11 is 0.